The average molecular weight is 238 g/mol. The van der Waals surface area contributed by atoms with Gasteiger partial charge in [0.05, 0.1) is 23.0 Å². The Bertz CT molecular complexity index is 486. The van der Waals surface area contributed by atoms with E-state index in [-0.39, 0.29) is 0 Å². The normalized spacial score (nSPS) is 11.7. The van der Waals surface area contributed by atoms with E-state index in [2.05, 4.69) is 32.1 Å². The minimum atomic E-state index is -0.522. The SMILES string of the molecule is BCc1cc(C(C)(C)C#N)cc(C(C)(C)C#N)c1. The molecule has 18 heavy (non-hydrogen) atoms. The molecule has 0 radical (unpaired) electrons. The van der Waals surface area contributed by atoms with Gasteiger partial charge in [-0.15, -0.1) is 0 Å². The molecule has 1 rings (SSSR count). The van der Waals surface area contributed by atoms with Crippen molar-refractivity contribution in [3.05, 3.63) is 34.9 Å². The monoisotopic (exact) mass is 238 g/mol. The van der Waals surface area contributed by atoms with Crippen LogP contribution in [0.5, 0.6) is 0 Å². The second-order valence-electron chi connectivity index (χ2n) is 5.75. The summed E-state index contributed by atoms with van der Waals surface area (Å²) in [4.78, 5) is 0. The van der Waals surface area contributed by atoms with E-state index in [0.717, 1.165) is 17.4 Å². The Kier molecular flexibility index (Phi) is 3.87. The van der Waals surface area contributed by atoms with Crippen molar-refractivity contribution < 1.29 is 0 Å². The molecule has 0 aliphatic heterocycles. The van der Waals surface area contributed by atoms with Gasteiger partial charge in [-0.1, -0.05) is 30.1 Å². The summed E-state index contributed by atoms with van der Waals surface area (Å²) >= 11 is 0. The van der Waals surface area contributed by atoms with Crippen molar-refractivity contribution in [1.29, 1.82) is 10.5 Å². The summed E-state index contributed by atoms with van der Waals surface area (Å²) in [6.45, 7) is 7.63. The van der Waals surface area contributed by atoms with Gasteiger partial charge < -0.3 is 0 Å². The quantitative estimate of drug-likeness (QED) is 0.759. The van der Waals surface area contributed by atoms with E-state index in [0.29, 0.717) is 0 Å². The molecular weight excluding hydrogens is 219 g/mol. The summed E-state index contributed by atoms with van der Waals surface area (Å²) in [5, 5.41) is 18.5. The first-order valence-electron chi connectivity index (χ1n) is 6.24. The molecule has 0 spiro atoms. The zero-order chi connectivity index (χ0) is 14.0. The maximum Gasteiger partial charge on any atom is 0.107 e. The summed E-state index contributed by atoms with van der Waals surface area (Å²) in [5.41, 5.74) is 2.11. The zero-order valence-corrected chi connectivity index (χ0v) is 11.8. The maximum atomic E-state index is 9.25. The largest absolute Gasteiger partial charge is 0.197 e. The number of nitrogens with zero attached hydrogens (tertiary/aromatic N) is 2. The molecule has 1 aromatic carbocycles. The lowest BCUT2D eigenvalue weighted by Gasteiger charge is -2.23. The van der Waals surface area contributed by atoms with Crippen LogP contribution in [0.1, 0.15) is 44.4 Å². The summed E-state index contributed by atoms with van der Waals surface area (Å²) in [6, 6.07) is 10.8. The highest BCUT2D eigenvalue weighted by molar-refractivity contribution is 6.08. The molecular formula is C15H19BN2. The van der Waals surface area contributed by atoms with E-state index in [1.54, 1.807) is 0 Å². The number of nitriles is 2. The summed E-state index contributed by atoms with van der Waals surface area (Å²) in [6.07, 6.45) is 0.907. The number of hydrogen-bond donors (Lipinski definition) is 0. The van der Waals surface area contributed by atoms with Gasteiger partial charge >= 0.3 is 0 Å². The zero-order valence-electron chi connectivity index (χ0n) is 11.8. The molecule has 0 bridgehead atoms. The Morgan fingerprint density at radius 3 is 1.61 bits per heavy atom. The van der Waals surface area contributed by atoms with Gasteiger partial charge in [0.2, 0.25) is 0 Å². The molecule has 0 heterocycles. The fraction of sp³-hybridized carbons (Fsp3) is 0.467. The van der Waals surface area contributed by atoms with E-state index in [9.17, 15) is 10.5 Å². The fourth-order valence-corrected chi connectivity index (χ4v) is 1.75. The topological polar surface area (TPSA) is 47.6 Å². The minimum Gasteiger partial charge on any atom is -0.197 e. The highest BCUT2D eigenvalue weighted by Gasteiger charge is 2.25. The first-order chi connectivity index (χ1) is 8.26. The number of hydrogen-bond acceptors (Lipinski definition) is 2. The van der Waals surface area contributed by atoms with Crippen LogP contribution in [0.15, 0.2) is 18.2 Å². The van der Waals surface area contributed by atoms with Gasteiger partial charge in [0.25, 0.3) is 0 Å². The van der Waals surface area contributed by atoms with E-state index >= 15 is 0 Å². The van der Waals surface area contributed by atoms with E-state index in [1.165, 1.54) is 5.56 Å². The van der Waals surface area contributed by atoms with E-state index in [4.69, 9.17) is 0 Å². The minimum absolute atomic E-state index is 0.522. The summed E-state index contributed by atoms with van der Waals surface area (Å²) < 4.78 is 0. The molecule has 0 saturated heterocycles. The lowest BCUT2D eigenvalue weighted by Crippen LogP contribution is -2.19. The van der Waals surface area contributed by atoms with Crippen molar-refractivity contribution in [1.82, 2.24) is 0 Å². The Balaban J connectivity index is 3.47. The molecule has 0 unspecified atom stereocenters. The van der Waals surface area contributed by atoms with Crippen molar-refractivity contribution in [2.75, 3.05) is 0 Å². The highest BCUT2D eigenvalue weighted by atomic mass is 14.4. The first kappa shape index (κ1) is 14.3. The third-order valence-electron chi connectivity index (χ3n) is 3.40. The van der Waals surface area contributed by atoms with Gasteiger partial charge in [0, 0.05) is 0 Å². The van der Waals surface area contributed by atoms with Crippen molar-refractivity contribution in [2.24, 2.45) is 0 Å². The lowest BCUT2D eigenvalue weighted by molar-refractivity contribution is 0.660. The maximum absolute atomic E-state index is 9.25. The Hall–Kier alpha value is -1.74. The van der Waals surface area contributed by atoms with Crippen LogP contribution >= 0.6 is 0 Å². The predicted octanol–water partition coefficient (Wildman–Crippen LogP) is 2.42. The van der Waals surface area contributed by atoms with Crippen LogP contribution in [-0.2, 0) is 17.2 Å². The molecule has 0 aliphatic carbocycles. The molecule has 0 atom stereocenters. The average Bonchev–Trinajstić information content (AvgIpc) is 2.38. The molecule has 0 aromatic heterocycles. The van der Waals surface area contributed by atoms with E-state index in [1.807, 2.05) is 33.8 Å². The van der Waals surface area contributed by atoms with Gasteiger partial charge in [-0.05, 0) is 38.8 Å². The number of rotatable bonds is 3. The molecule has 0 amide bonds. The van der Waals surface area contributed by atoms with Gasteiger partial charge in [0.15, 0.2) is 0 Å². The van der Waals surface area contributed by atoms with Crippen LogP contribution in [-0.4, -0.2) is 7.85 Å². The standard InChI is InChI=1S/C15H19BN2/c1-14(2,9-17)12-5-11(8-16)6-13(7-12)15(3,4)10-18/h5-7H,8,16H2,1-4H3. The molecule has 0 fully saturated rings. The Labute approximate surface area is 111 Å². The molecule has 1 aromatic rings. The van der Waals surface area contributed by atoms with Crippen LogP contribution in [0.3, 0.4) is 0 Å². The van der Waals surface area contributed by atoms with Crippen molar-refractivity contribution in [3.8, 4) is 12.1 Å². The second-order valence-corrected chi connectivity index (χ2v) is 5.75. The molecule has 92 valence electrons. The fourth-order valence-electron chi connectivity index (χ4n) is 1.75. The molecule has 0 saturated carbocycles. The van der Waals surface area contributed by atoms with Crippen molar-refractivity contribution >= 4 is 7.85 Å². The Morgan fingerprint density at radius 2 is 1.33 bits per heavy atom. The third-order valence-corrected chi connectivity index (χ3v) is 3.40. The number of benzene rings is 1. The van der Waals surface area contributed by atoms with Gasteiger partial charge in [-0.2, -0.15) is 10.5 Å². The van der Waals surface area contributed by atoms with Crippen molar-refractivity contribution in [3.63, 3.8) is 0 Å². The smallest absolute Gasteiger partial charge is 0.107 e. The van der Waals surface area contributed by atoms with Crippen LogP contribution in [0.2, 0.25) is 0 Å². The molecule has 2 nitrogen and oxygen atoms in total. The van der Waals surface area contributed by atoms with Crippen LogP contribution in [0.25, 0.3) is 0 Å². The summed E-state index contributed by atoms with van der Waals surface area (Å²) in [5.74, 6) is 0. The van der Waals surface area contributed by atoms with Crippen LogP contribution in [0, 0.1) is 22.7 Å². The second kappa shape index (κ2) is 4.87. The first-order valence-corrected chi connectivity index (χ1v) is 6.24. The summed E-state index contributed by atoms with van der Waals surface area (Å²) in [7, 11) is 2.08. The predicted molar refractivity (Wildman–Crippen MR) is 76.0 cm³/mol. The third kappa shape index (κ3) is 2.74. The molecule has 0 N–H and O–H groups in total. The lowest BCUT2D eigenvalue weighted by atomic mass is 9.78. The van der Waals surface area contributed by atoms with Gasteiger partial charge in [0.1, 0.15) is 7.85 Å². The van der Waals surface area contributed by atoms with E-state index < -0.39 is 10.8 Å². The van der Waals surface area contributed by atoms with Gasteiger partial charge in [-0.25, -0.2) is 0 Å². The Morgan fingerprint density at radius 1 is 0.944 bits per heavy atom. The molecule has 3 heteroatoms. The van der Waals surface area contributed by atoms with Crippen LogP contribution < -0.4 is 0 Å². The van der Waals surface area contributed by atoms with Crippen LogP contribution in [0.4, 0.5) is 0 Å². The highest BCUT2D eigenvalue weighted by Crippen LogP contribution is 2.30. The molecule has 0 aliphatic rings. The van der Waals surface area contributed by atoms with Crippen molar-refractivity contribution in [2.45, 2.75) is 44.8 Å². The van der Waals surface area contributed by atoms with Gasteiger partial charge in [-0.3, -0.25) is 0 Å².